The van der Waals surface area contributed by atoms with Crippen molar-refractivity contribution in [1.29, 1.82) is 0 Å². The summed E-state index contributed by atoms with van der Waals surface area (Å²) in [6.45, 7) is 0. The molecule has 1 heterocycles. The third kappa shape index (κ3) is 1.85. The molecule has 3 rings (SSSR count). The van der Waals surface area contributed by atoms with Gasteiger partial charge in [0, 0.05) is 23.3 Å². The van der Waals surface area contributed by atoms with E-state index in [4.69, 9.17) is 11.6 Å². The molecule has 2 aliphatic carbocycles. The van der Waals surface area contributed by atoms with E-state index < -0.39 is 0 Å². The van der Waals surface area contributed by atoms with Gasteiger partial charge in [0.2, 0.25) is 5.13 Å². The fourth-order valence-electron chi connectivity index (χ4n) is 1.92. The molecule has 5 heteroatoms. The Morgan fingerprint density at radius 1 is 1.47 bits per heavy atom. The highest BCUT2D eigenvalue weighted by Crippen LogP contribution is 2.41. The summed E-state index contributed by atoms with van der Waals surface area (Å²) < 4.78 is 4.38. The number of anilines is 1. The van der Waals surface area contributed by atoms with E-state index >= 15 is 0 Å². The van der Waals surface area contributed by atoms with Crippen LogP contribution in [0.2, 0.25) is 0 Å². The predicted molar refractivity (Wildman–Crippen MR) is 62.8 cm³/mol. The van der Waals surface area contributed by atoms with E-state index in [0.29, 0.717) is 11.8 Å². The maximum atomic E-state index is 5.99. The molecule has 0 aliphatic heterocycles. The van der Waals surface area contributed by atoms with Crippen molar-refractivity contribution >= 4 is 28.3 Å². The molecule has 1 aromatic heterocycles. The van der Waals surface area contributed by atoms with Gasteiger partial charge < -0.3 is 5.32 Å². The quantitative estimate of drug-likeness (QED) is 0.827. The second kappa shape index (κ2) is 3.59. The summed E-state index contributed by atoms with van der Waals surface area (Å²) in [5.41, 5.74) is 0.113. The number of nitrogens with one attached hydrogen (secondary N) is 1. The van der Waals surface area contributed by atoms with Crippen molar-refractivity contribution in [2.24, 2.45) is 0 Å². The molecule has 0 saturated heterocycles. The molecule has 2 saturated carbocycles. The monoisotopic (exact) mass is 243 g/mol. The molecule has 0 unspecified atom stereocenters. The largest absolute Gasteiger partial charge is 0.354 e. The van der Waals surface area contributed by atoms with E-state index in [0.717, 1.165) is 23.8 Å². The van der Waals surface area contributed by atoms with Gasteiger partial charge in [-0.05, 0) is 32.1 Å². The molecule has 0 radical (unpaired) electrons. The number of halogens is 1. The highest BCUT2D eigenvalue weighted by atomic mass is 35.5. The fourth-order valence-corrected chi connectivity index (χ4v) is 3.02. The molecule has 2 fully saturated rings. The molecule has 3 nitrogen and oxygen atoms in total. The van der Waals surface area contributed by atoms with Crippen molar-refractivity contribution in [3.05, 3.63) is 5.82 Å². The molecule has 1 aromatic rings. The molecular formula is C10H14ClN3S. The molecular weight excluding hydrogens is 230 g/mol. The van der Waals surface area contributed by atoms with Crippen LogP contribution >= 0.6 is 23.1 Å². The van der Waals surface area contributed by atoms with Crippen LogP contribution < -0.4 is 5.32 Å². The zero-order valence-corrected chi connectivity index (χ0v) is 10.1. The van der Waals surface area contributed by atoms with E-state index in [9.17, 15) is 0 Å². The fraction of sp³-hybridized carbons (Fsp3) is 0.800. The van der Waals surface area contributed by atoms with Crippen molar-refractivity contribution in [3.8, 4) is 0 Å². The molecule has 15 heavy (non-hydrogen) atoms. The molecule has 0 aromatic carbocycles. The van der Waals surface area contributed by atoms with Gasteiger partial charge in [0.25, 0.3) is 0 Å². The van der Waals surface area contributed by atoms with E-state index in [2.05, 4.69) is 14.7 Å². The number of rotatable bonds is 4. The second-order valence-corrected chi connectivity index (χ2v) is 5.64. The van der Waals surface area contributed by atoms with Crippen molar-refractivity contribution in [2.75, 3.05) is 11.2 Å². The van der Waals surface area contributed by atoms with Gasteiger partial charge in [-0.1, -0.05) is 0 Å². The van der Waals surface area contributed by atoms with E-state index in [-0.39, 0.29) is 5.54 Å². The Morgan fingerprint density at radius 3 is 2.80 bits per heavy atom. The first-order chi connectivity index (χ1) is 7.31. The summed E-state index contributed by atoms with van der Waals surface area (Å²) in [5, 5.41) is 4.41. The molecule has 82 valence electrons. The Kier molecular flexibility index (Phi) is 2.36. The van der Waals surface area contributed by atoms with Gasteiger partial charge >= 0.3 is 0 Å². The van der Waals surface area contributed by atoms with Crippen molar-refractivity contribution < 1.29 is 0 Å². The summed E-state index contributed by atoms with van der Waals surface area (Å²) in [7, 11) is 0. The standard InChI is InChI=1S/C10H14ClN3S/c11-6-10(4-1-5-10)13-9-12-8(14-15-9)7-2-3-7/h7H,1-6H2,(H,12,13,14). The van der Waals surface area contributed by atoms with Crippen LogP contribution in [0.5, 0.6) is 0 Å². The third-order valence-electron chi connectivity index (χ3n) is 3.32. The second-order valence-electron chi connectivity index (χ2n) is 4.62. The number of aromatic nitrogens is 2. The Bertz CT molecular complexity index is 352. The minimum absolute atomic E-state index is 0.113. The molecule has 0 bridgehead atoms. The van der Waals surface area contributed by atoms with Crippen molar-refractivity contribution in [2.45, 2.75) is 43.6 Å². The van der Waals surface area contributed by atoms with Gasteiger partial charge in [0.1, 0.15) is 5.82 Å². The van der Waals surface area contributed by atoms with Crippen LogP contribution in [0.4, 0.5) is 5.13 Å². The number of alkyl halides is 1. The number of nitrogens with zero attached hydrogens (tertiary/aromatic N) is 2. The average molecular weight is 244 g/mol. The summed E-state index contributed by atoms with van der Waals surface area (Å²) in [6.07, 6.45) is 6.12. The molecule has 2 aliphatic rings. The lowest BCUT2D eigenvalue weighted by Gasteiger charge is -2.40. The zero-order chi connectivity index (χ0) is 10.3. The van der Waals surface area contributed by atoms with Crippen molar-refractivity contribution in [3.63, 3.8) is 0 Å². The van der Waals surface area contributed by atoms with Crippen LogP contribution in [0.25, 0.3) is 0 Å². The highest BCUT2D eigenvalue weighted by Gasteiger charge is 2.37. The SMILES string of the molecule is ClCC1(Nc2nc(C3CC3)ns2)CCC1. The molecule has 0 atom stereocenters. The lowest BCUT2D eigenvalue weighted by atomic mass is 9.78. The van der Waals surface area contributed by atoms with Crippen LogP contribution in [-0.2, 0) is 0 Å². The summed E-state index contributed by atoms with van der Waals surface area (Å²) in [5.74, 6) is 2.35. The topological polar surface area (TPSA) is 37.8 Å². The predicted octanol–water partition coefficient (Wildman–Crippen LogP) is 2.99. The Labute approximate surface area is 98.4 Å². The van der Waals surface area contributed by atoms with Gasteiger partial charge in [0.15, 0.2) is 0 Å². The van der Waals surface area contributed by atoms with E-state index in [1.165, 1.54) is 30.8 Å². The Balaban J connectivity index is 1.70. The van der Waals surface area contributed by atoms with Gasteiger partial charge in [0.05, 0.1) is 5.54 Å². The molecule has 0 amide bonds. The maximum Gasteiger partial charge on any atom is 0.203 e. The molecule has 0 spiro atoms. The lowest BCUT2D eigenvalue weighted by Crippen LogP contribution is -2.46. The highest BCUT2D eigenvalue weighted by molar-refractivity contribution is 7.09. The minimum Gasteiger partial charge on any atom is -0.354 e. The van der Waals surface area contributed by atoms with Crippen molar-refractivity contribution in [1.82, 2.24) is 9.36 Å². The van der Waals surface area contributed by atoms with Gasteiger partial charge in [-0.2, -0.15) is 4.37 Å². The van der Waals surface area contributed by atoms with Gasteiger partial charge in [-0.25, -0.2) is 4.98 Å². The van der Waals surface area contributed by atoms with Crippen LogP contribution in [0.15, 0.2) is 0 Å². The smallest absolute Gasteiger partial charge is 0.203 e. The first-order valence-corrected chi connectivity index (χ1v) is 6.80. The third-order valence-corrected chi connectivity index (χ3v) is 4.48. The Morgan fingerprint density at radius 2 is 2.27 bits per heavy atom. The minimum atomic E-state index is 0.113. The molecule has 1 N–H and O–H groups in total. The first-order valence-electron chi connectivity index (χ1n) is 5.49. The van der Waals surface area contributed by atoms with Crippen LogP contribution in [0.3, 0.4) is 0 Å². The summed E-state index contributed by atoms with van der Waals surface area (Å²) in [6, 6.07) is 0. The first kappa shape index (κ1) is 9.85. The van der Waals surface area contributed by atoms with Crippen LogP contribution in [0.1, 0.15) is 43.8 Å². The van der Waals surface area contributed by atoms with E-state index in [1.807, 2.05) is 0 Å². The average Bonchev–Trinajstić information content (AvgIpc) is 2.94. The lowest BCUT2D eigenvalue weighted by molar-refractivity contribution is 0.311. The van der Waals surface area contributed by atoms with Crippen LogP contribution in [-0.4, -0.2) is 20.8 Å². The number of hydrogen-bond donors (Lipinski definition) is 1. The normalized spacial score (nSPS) is 23.5. The van der Waals surface area contributed by atoms with Crippen LogP contribution in [0, 0.1) is 0 Å². The van der Waals surface area contributed by atoms with E-state index in [1.54, 1.807) is 0 Å². The summed E-state index contributed by atoms with van der Waals surface area (Å²) in [4.78, 5) is 4.52. The maximum absolute atomic E-state index is 5.99. The summed E-state index contributed by atoms with van der Waals surface area (Å²) >= 11 is 7.46. The van der Waals surface area contributed by atoms with Gasteiger partial charge in [-0.3, -0.25) is 0 Å². The zero-order valence-electron chi connectivity index (χ0n) is 8.50. The Hall–Kier alpha value is -0.350. The van der Waals surface area contributed by atoms with Gasteiger partial charge in [-0.15, -0.1) is 11.6 Å². The number of hydrogen-bond acceptors (Lipinski definition) is 4.